The number of nitrogens with one attached hydrogen (secondary N) is 1. The molecule has 4 heterocycles. The lowest BCUT2D eigenvalue weighted by atomic mass is 9.95. The van der Waals surface area contributed by atoms with E-state index in [1.807, 2.05) is 23.1 Å². The first-order valence-corrected chi connectivity index (χ1v) is 9.68. The molecular formula is C19H26N6O2. The van der Waals surface area contributed by atoms with Crippen LogP contribution in [0.2, 0.25) is 0 Å². The van der Waals surface area contributed by atoms with Gasteiger partial charge in [0.2, 0.25) is 5.89 Å². The van der Waals surface area contributed by atoms with Gasteiger partial charge in [0.1, 0.15) is 5.82 Å². The molecule has 2 amide bonds. The van der Waals surface area contributed by atoms with Gasteiger partial charge in [-0.05, 0) is 37.3 Å². The maximum Gasteiger partial charge on any atom is 0.317 e. The van der Waals surface area contributed by atoms with Crippen LogP contribution in [0.25, 0.3) is 0 Å². The van der Waals surface area contributed by atoms with E-state index in [0.29, 0.717) is 11.8 Å². The van der Waals surface area contributed by atoms with Crippen LogP contribution in [0.1, 0.15) is 31.0 Å². The van der Waals surface area contributed by atoms with Gasteiger partial charge in [0.25, 0.3) is 0 Å². The molecule has 144 valence electrons. The zero-order valence-electron chi connectivity index (χ0n) is 15.7. The number of nitrogens with zero attached hydrogens (tertiary/aromatic N) is 5. The van der Waals surface area contributed by atoms with Gasteiger partial charge in [0, 0.05) is 51.8 Å². The van der Waals surface area contributed by atoms with Gasteiger partial charge in [-0.1, -0.05) is 11.2 Å². The average Bonchev–Trinajstić information content (AvgIpc) is 3.32. The van der Waals surface area contributed by atoms with Crippen molar-refractivity contribution >= 4 is 11.8 Å². The van der Waals surface area contributed by atoms with Gasteiger partial charge in [0.15, 0.2) is 5.82 Å². The Bertz CT molecular complexity index is 765. The third-order valence-electron chi connectivity index (χ3n) is 5.34. The predicted octanol–water partition coefficient (Wildman–Crippen LogP) is 2.02. The smallest absolute Gasteiger partial charge is 0.317 e. The summed E-state index contributed by atoms with van der Waals surface area (Å²) in [5, 5.41) is 7.19. The summed E-state index contributed by atoms with van der Waals surface area (Å²) in [7, 11) is 0. The normalized spacial score (nSPS) is 22.9. The monoisotopic (exact) mass is 370 g/mol. The first-order valence-electron chi connectivity index (χ1n) is 9.68. The second-order valence-corrected chi connectivity index (χ2v) is 7.46. The minimum atomic E-state index is 0.0388. The molecule has 0 saturated carbocycles. The lowest BCUT2D eigenvalue weighted by Gasteiger charge is -2.33. The number of likely N-dealkylation sites (tertiary alicyclic amines) is 1. The molecule has 0 aromatic carbocycles. The average molecular weight is 370 g/mol. The van der Waals surface area contributed by atoms with Gasteiger partial charge in [-0.3, -0.25) is 0 Å². The standard InChI is InChI=1S/C19H26N6O2/c1-14-21-17(23-27-14)11-15-5-4-9-25(12-15)19(26)22-16-7-10-24(13-16)18-6-2-3-8-20-18/h2-3,6,8,15-16H,4-5,7,9-13H2,1H3,(H,22,26). The van der Waals surface area contributed by atoms with Gasteiger partial charge >= 0.3 is 6.03 Å². The van der Waals surface area contributed by atoms with Crippen LogP contribution in [0.15, 0.2) is 28.9 Å². The maximum absolute atomic E-state index is 12.7. The van der Waals surface area contributed by atoms with E-state index >= 15 is 0 Å². The van der Waals surface area contributed by atoms with Crippen molar-refractivity contribution in [1.29, 1.82) is 0 Å². The molecule has 2 aliphatic rings. The summed E-state index contributed by atoms with van der Waals surface area (Å²) in [6.07, 6.45) is 5.62. The summed E-state index contributed by atoms with van der Waals surface area (Å²) in [4.78, 5) is 25.6. The van der Waals surface area contributed by atoms with Crippen LogP contribution >= 0.6 is 0 Å². The molecule has 2 aromatic heterocycles. The Morgan fingerprint density at radius 2 is 2.22 bits per heavy atom. The Kier molecular flexibility index (Phi) is 5.22. The van der Waals surface area contributed by atoms with E-state index < -0.39 is 0 Å². The highest BCUT2D eigenvalue weighted by Crippen LogP contribution is 2.21. The van der Waals surface area contributed by atoms with Crippen LogP contribution in [-0.4, -0.2) is 58.3 Å². The Morgan fingerprint density at radius 3 is 3.00 bits per heavy atom. The fourth-order valence-corrected chi connectivity index (χ4v) is 3.99. The number of piperidine rings is 1. The van der Waals surface area contributed by atoms with E-state index in [0.717, 1.165) is 63.5 Å². The number of urea groups is 1. The third-order valence-corrected chi connectivity index (χ3v) is 5.34. The van der Waals surface area contributed by atoms with Crippen LogP contribution in [0, 0.1) is 12.8 Å². The molecule has 8 heteroatoms. The molecule has 2 aliphatic heterocycles. The minimum absolute atomic E-state index is 0.0388. The summed E-state index contributed by atoms with van der Waals surface area (Å²) >= 11 is 0. The molecule has 2 unspecified atom stereocenters. The van der Waals surface area contributed by atoms with Crippen LogP contribution in [0.3, 0.4) is 0 Å². The minimum Gasteiger partial charge on any atom is -0.354 e. The summed E-state index contributed by atoms with van der Waals surface area (Å²) < 4.78 is 5.05. The van der Waals surface area contributed by atoms with Gasteiger partial charge in [-0.2, -0.15) is 4.98 Å². The number of pyridine rings is 1. The Morgan fingerprint density at radius 1 is 1.30 bits per heavy atom. The van der Waals surface area contributed by atoms with E-state index in [9.17, 15) is 4.79 Å². The zero-order valence-corrected chi connectivity index (χ0v) is 15.7. The number of hydrogen-bond acceptors (Lipinski definition) is 6. The molecule has 2 aromatic rings. The molecule has 4 rings (SSSR count). The van der Waals surface area contributed by atoms with Crippen molar-refractivity contribution in [3.63, 3.8) is 0 Å². The largest absolute Gasteiger partial charge is 0.354 e. The number of amides is 2. The van der Waals surface area contributed by atoms with Crippen molar-refractivity contribution in [1.82, 2.24) is 25.3 Å². The third kappa shape index (κ3) is 4.37. The molecule has 2 atom stereocenters. The first-order chi connectivity index (χ1) is 13.2. The number of carbonyl (C=O) groups excluding carboxylic acids is 1. The molecule has 2 saturated heterocycles. The Labute approximate surface area is 158 Å². The number of hydrogen-bond donors (Lipinski definition) is 1. The highest BCUT2D eigenvalue weighted by atomic mass is 16.5. The number of aryl methyl sites for hydroxylation is 1. The molecule has 1 N–H and O–H groups in total. The second-order valence-electron chi connectivity index (χ2n) is 7.46. The summed E-state index contributed by atoms with van der Waals surface area (Å²) in [6.45, 7) is 5.08. The molecule has 0 aliphatic carbocycles. The van der Waals surface area contributed by atoms with E-state index in [4.69, 9.17) is 4.52 Å². The van der Waals surface area contributed by atoms with Gasteiger partial charge in [-0.15, -0.1) is 0 Å². The maximum atomic E-state index is 12.7. The lowest BCUT2D eigenvalue weighted by Crippen LogP contribution is -2.49. The number of aromatic nitrogens is 3. The number of rotatable bonds is 4. The summed E-state index contributed by atoms with van der Waals surface area (Å²) in [5.41, 5.74) is 0. The van der Waals surface area contributed by atoms with E-state index in [-0.39, 0.29) is 12.1 Å². The van der Waals surface area contributed by atoms with Crippen LogP contribution in [0.4, 0.5) is 10.6 Å². The van der Waals surface area contributed by atoms with Crippen molar-refractivity contribution in [3.05, 3.63) is 36.1 Å². The van der Waals surface area contributed by atoms with Crippen molar-refractivity contribution in [2.75, 3.05) is 31.1 Å². The zero-order chi connectivity index (χ0) is 18.6. The van der Waals surface area contributed by atoms with Crippen molar-refractivity contribution in [2.45, 2.75) is 38.6 Å². The molecule has 27 heavy (non-hydrogen) atoms. The highest BCUT2D eigenvalue weighted by Gasteiger charge is 2.29. The van der Waals surface area contributed by atoms with Gasteiger partial charge < -0.3 is 19.6 Å². The first kappa shape index (κ1) is 17.8. The number of anilines is 1. The van der Waals surface area contributed by atoms with Gasteiger partial charge in [-0.25, -0.2) is 9.78 Å². The van der Waals surface area contributed by atoms with Crippen molar-refractivity contribution in [2.24, 2.45) is 5.92 Å². The number of carbonyl (C=O) groups is 1. The summed E-state index contributed by atoms with van der Waals surface area (Å²) in [5.74, 6) is 2.69. The SMILES string of the molecule is Cc1nc(CC2CCCN(C(=O)NC3CCN(c4ccccn4)C3)C2)no1. The van der Waals surface area contributed by atoms with E-state index in [1.165, 1.54) is 0 Å². The Hall–Kier alpha value is -2.64. The molecule has 0 radical (unpaired) electrons. The second kappa shape index (κ2) is 7.94. The lowest BCUT2D eigenvalue weighted by molar-refractivity contribution is 0.161. The van der Waals surface area contributed by atoms with Crippen molar-refractivity contribution in [3.8, 4) is 0 Å². The molecule has 2 fully saturated rings. The fourth-order valence-electron chi connectivity index (χ4n) is 3.99. The van der Waals surface area contributed by atoms with Gasteiger partial charge in [0.05, 0.1) is 0 Å². The quantitative estimate of drug-likeness (QED) is 0.886. The predicted molar refractivity (Wildman–Crippen MR) is 100 cm³/mol. The van der Waals surface area contributed by atoms with Crippen LogP contribution in [-0.2, 0) is 6.42 Å². The molecular weight excluding hydrogens is 344 g/mol. The Balaban J connectivity index is 1.28. The van der Waals surface area contributed by atoms with E-state index in [1.54, 1.807) is 13.1 Å². The van der Waals surface area contributed by atoms with E-state index in [2.05, 4.69) is 25.3 Å². The topological polar surface area (TPSA) is 87.4 Å². The molecule has 8 nitrogen and oxygen atoms in total. The highest BCUT2D eigenvalue weighted by molar-refractivity contribution is 5.74. The molecule has 0 bridgehead atoms. The van der Waals surface area contributed by atoms with Crippen LogP contribution < -0.4 is 10.2 Å². The van der Waals surface area contributed by atoms with Crippen molar-refractivity contribution < 1.29 is 9.32 Å². The summed E-state index contributed by atoms with van der Waals surface area (Å²) in [6, 6.07) is 6.13. The molecule has 0 spiro atoms. The fraction of sp³-hybridized carbons (Fsp3) is 0.579. The van der Waals surface area contributed by atoms with Crippen LogP contribution in [0.5, 0.6) is 0 Å².